The quantitative estimate of drug-likeness (QED) is 0.382. The largest absolute Gasteiger partial charge is 0.508 e. The van der Waals surface area contributed by atoms with Crippen LogP contribution >= 0.6 is 22.6 Å². The summed E-state index contributed by atoms with van der Waals surface area (Å²) in [6.45, 7) is 22.6. The standard InChI is InChI=1S/C14H21IO.C14H22O/c1-13(2,3)9-14(4,5)10-6-7-12(16)11(15)8-10;1-13(2,3)10-14(4,5)11-6-8-12(15)9-7-11/h6-8,16H,9H2,1-5H3;6-9,15H,10H2,1-5H3. The summed E-state index contributed by atoms with van der Waals surface area (Å²) in [5, 5.41) is 18.8. The zero-order valence-electron chi connectivity index (χ0n) is 21.2. The summed E-state index contributed by atoms with van der Waals surface area (Å²) in [6.07, 6.45) is 2.26. The monoisotopic (exact) mass is 538 g/mol. The molecule has 2 aromatic carbocycles. The predicted molar refractivity (Wildman–Crippen MR) is 143 cm³/mol. The molecule has 0 saturated heterocycles. The minimum atomic E-state index is 0.145. The van der Waals surface area contributed by atoms with Gasteiger partial charge in [-0.1, -0.05) is 87.4 Å². The van der Waals surface area contributed by atoms with E-state index in [0.29, 0.717) is 22.3 Å². The SMILES string of the molecule is CC(C)(C)CC(C)(C)c1ccc(O)c(I)c1.CC(C)(C)CC(C)(C)c1ccc(O)cc1. The zero-order chi connectivity index (χ0) is 24.3. The van der Waals surface area contributed by atoms with E-state index in [4.69, 9.17) is 0 Å². The number of phenols is 2. The van der Waals surface area contributed by atoms with Gasteiger partial charge < -0.3 is 10.2 Å². The van der Waals surface area contributed by atoms with Crippen LogP contribution in [0.5, 0.6) is 11.5 Å². The number of aromatic hydroxyl groups is 2. The fourth-order valence-electron chi connectivity index (χ4n) is 4.70. The van der Waals surface area contributed by atoms with Crippen molar-refractivity contribution in [1.29, 1.82) is 0 Å². The third-order valence-corrected chi connectivity index (χ3v) is 6.19. The number of rotatable bonds is 4. The van der Waals surface area contributed by atoms with Gasteiger partial charge in [0.15, 0.2) is 0 Å². The molecule has 0 fully saturated rings. The van der Waals surface area contributed by atoms with E-state index < -0.39 is 0 Å². The summed E-state index contributed by atoms with van der Waals surface area (Å²) < 4.78 is 0.928. The molecule has 2 nitrogen and oxygen atoms in total. The number of phenolic OH excluding ortho intramolecular Hbond substituents is 2. The fourth-order valence-corrected chi connectivity index (χ4v) is 5.21. The first-order chi connectivity index (χ1) is 13.8. The molecule has 0 aliphatic heterocycles. The fraction of sp³-hybridized carbons (Fsp3) is 0.571. The van der Waals surface area contributed by atoms with Gasteiger partial charge >= 0.3 is 0 Å². The first-order valence-corrected chi connectivity index (χ1v) is 12.2. The molecule has 0 amide bonds. The van der Waals surface area contributed by atoms with Gasteiger partial charge in [-0.25, -0.2) is 0 Å². The van der Waals surface area contributed by atoms with Crippen LogP contribution in [0.15, 0.2) is 42.5 Å². The Kier molecular flexibility index (Phi) is 9.10. The second kappa shape index (κ2) is 10.1. The van der Waals surface area contributed by atoms with Crippen molar-refractivity contribution in [3.63, 3.8) is 0 Å². The van der Waals surface area contributed by atoms with E-state index in [1.165, 1.54) is 11.1 Å². The topological polar surface area (TPSA) is 40.5 Å². The van der Waals surface area contributed by atoms with Crippen LogP contribution < -0.4 is 0 Å². The van der Waals surface area contributed by atoms with Crippen LogP contribution in [0.25, 0.3) is 0 Å². The average Bonchev–Trinajstić information content (AvgIpc) is 2.54. The van der Waals surface area contributed by atoms with Gasteiger partial charge in [-0.05, 0) is 92.5 Å². The van der Waals surface area contributed by atoms with E-state index >= 15 is 0 Å². The van der Waals surface area contributed by atoms with E-state index in [1.807, 2.05) is 18.2 Å². The lowest BCUT2D eigenvalue weighted by atomic mass is 9.72. The number of hydrogen-bond donors (Lipinski definition) is 2. The van der Waals surface area contributed by atoms with Gasteiger partial charge in [0.25, 0.3) is 0 Å². The molecule has 2 rings (SSSR count). The molecule has 0 spiro atoms. The Bertz CT molecular complexity index is 835. The zero-order valence-corrected chi connectivity index (χ0v) is 23.4. The predicted octanol–water partition coefficient (Wildman–Crippen LogP) is 8.82. The third kappa shape index (κ3) is 9.84. The molecule has 2 N–H and O–H groups in total. The Morgan fingerprint density at radius 3 is 1.39 bits per heavy atom. The lowest BCUT2D eigenvalue weighted by molar-refractivity contribution is 0.283. The lowest BCUT2D eigenvalue weighted by Gasteiger charge is -2.33. The summed E-state index contributed by atoms with van der Waals surface area (Å²) in [4.78, 5) is 0. The van der Waals surface area contributed by atoms with Gasteiger partial charge in [0.1, 0.15) is 11.5 Å². The molecule has 174 valence electrons. The number of benzene rings is 2. The maximum Gasteiger partial charge on any atom is 0.128 e. The highest BCUT2D eigenvalue weighted by Crippen LogP contribution is 2.38. The summed E-state index contributed by atoms with van der Waals surface area (Å²) in [5.74, 6) is 0.709. The van der Waals surface area contributed by atoms with Crippen molar-refractivity contribution in [3.8, 4) is 11.5 Å². The molecule has 0 bridgehead atoms. The highest BCUT2D eigenvalue weighted by molar-refractivity contribution is 14.1. The van der Waals surface area contributed by atoms with E-state index in [-0.39, 0.29) is 10.8 Å². The Labute approximate surface area is 204 Å². The molecule has 0 atom stereocenters. The highest BCUT2D eigenvalue weighted by atomic mass is 127. The number of halogens is 1. The molecule has 0 aliphatic rings. The van der Waals surface area contributed by atoms with Gasteiger partial charge in [0.05, 0.1) is 3.57 Å². The molecular weight excluding hydrogens is 495 g/mol. The van der Waals surface area contributed by atoms with E-state index in [0.717, 1.165) is 16.4 Å². The Morgan fingerprint density at radius 1 is 0.613 bits per heavy atom. The highest BCUT2D eigenvalue weighted by Gasteiger charge is 2.28. The van der Waals surface area contributed by atoms with Crippen molar-refractivity contribution < 1.29 is 10.2 Å². The molecule has 0 radical (unpaired) electrons. The maximum atomic E-state index is 9.53. The van der Waals surface area contributed by atoms with Crippen molar-refractivity contribution in [3.05, 3.63) is 57.2 Å². The molecular formula is C28H43IO2. The molecule has 3 heteroatoms. The second-order valence-corrected chi connectivity index (χ2v) is 13.6. The Hall–Kier alpha value is -1.23. The summed E-state index contributed by atoms with van der Waals surface area (Å²) >= 11 is 2.18. The average molecular weight is 539 g/mol. The third-order valence-electron chi connectivity index (χ3n) is 5.32. The van der Waals surface area contributed by atoms with Crippen LogP contribution in [-0.4, -0.2) is 10.2 Å². The summed E-state index contributed by atoms with van der Waals surface area (Å²) in [5.41, 5.74) is 3.52. The van der Waals surface area contributed by atoms with Gasteiger partial charge in [0, 0.05) is 0 Å². The number of hydrogen-bond acceptors (Lipinski definition) is 2. The van der Waals surface area contributed by atoms with Crippen molar-refractivity contribution >= 4 is 22.6 Å². The molecule has 31 heavy (non-hydrogen) atoms. The lowest BCUT2D eigenvalue weighted by Crippen LogP contribution is -2.24. The van der Waals surface area contributed by atoms with E-state index in [1.54, 1.807) is 18.2 Å². The van der Waals surface area contributed by atoms with Crippen LogP contribution in [0, 0.1) is 14.4 Å². The molecule has 0 heterocycles. The summed E-state index contributed by atoms with van der Waals surface area (Å²) in [7, 11) is 0. The first-order valence-electron chi connectivity index (χ1n) is 11.1. The smallest absolute Gasteiger partial charge is 0.128 e. The summed E-state index contributed by atoms with van der Waals surface area (Å²) in [6, 6.07) is 13.5. The first kappa shape index (κ1) is 27.8. The minimum Gasteiger partial charge on any atom is -0.508 e. The maximum absolute atomic E-state index is 9.53. The van der Waals surface area contributed by atoms with Crippen LogP contribution in [0.2, 0.25) is 0 Å². The van der Waals surface area contributed by atoms with Crippen LogP contribution in [-0.2, 0) is 10.8 Å². The molecule has 0 aliphatic carbocycles. The van der Waals surface area contributed by atoms with Crippen LogP contribution in [0.1, 0.15) is 93.2 Å². The van der Waals surface area contributed by atoms with Gasteiger partial charge in [0.2, 0.25) is 0 Å². The van der Waals surface area contributed by atoms with Crippen LogP contribution in [0.3, 0.4) is 0 Å². The van der Waals surface area contributed by atoms with Crippen LogP contribution in [0.4, 0.5) is 0 Å². The van der Waals surface area contributed by atoms with E-state index in [9.17, 15) is 10.2 Å². The van der Waals surface area contributed by atoms with Crippen molar-refractivity contribution in [2.24, 2.45) is 10.8 Å². The second-order valence-electron chi connectivity index (χ2n) is 12.5. The molecule has 0 aromatic heterocycles. The molecule has 0 unspecified atom stereocenters. The molecule has 0 saturated carbocycles. The normalized spacial score (nSPS) is 12.9. The van der Waals surface area contributed by atoms with Gasteiger partial charge in [-0.2, -0.15) is 0 Å². The minimum absolute atomic E-state index is 0.145. The molecule has 2 aromatic rings. The Morgan fingerprint density at radius 2 is 1.00 bits per heavy atom. The van der Waals surface area contributed by atoms with Crippen molar-refractivity contribution in [1.82, 2.24) is 0 Å². The van der Waals surface area contributed by atoms with Crippen molar-refractivity contribution in [2.45, 2.75) is 92.9 Å². The van der Waals surface area contributed by atoms with Gasteiger partial charge in [-0.15, -0.1) is 0 Å². The Balaban J connectivity index is 0.000000311. The van der Waals surface area contributed by atoms with Gasteiger partial charge in [-0.3, -0.25) is 0 Å². The van der Waals surface area contributed by atoms with Crippen molar-refractivity contribution in [2.75, 3.05) is 0 Å². The van der Waals surface area contributed by atoms with E-state index in [2.05, 4.69) is 97.9 Å².